The van der Waals surface area contributed by atoms with Crippen molar-refractivity contribution < 1.29 is 0 Å². The van der Waals surface area contributed by atoms with Crippen molar-refractivity contribution in [2.45, 2.75) is 106 Å². The average Bonchev–Trinajstić information content (AvgIpc) is 2.61. The SMILES string of the molecule is CCCCC#Cc1c(CC)c(CC)c(CC)c(CC)c1CCCC. The number of hydrogen-bond acceptors (Lipinski definition) is 0. The van der Waals surface area contributed by atoms with Gasteiger partial charge in [0.05, 0.1) is 0 Å². The molecule has 0 saturated heterocycles. The van der Waals surface area contributed by atoms with Gasteiger partial charge in [-0.15, -0.1) is 0 Å². The van der Waals surface area contributed by atoms with Gasteiger partial charge in [0.25, 0.3) is 0 Å². The van der Waals surface area contributed by atoms with Crippen LogP contribution in [0.25, 0.3) is 0 Å². The Morgan fingerprint density at radius 2 is 1.08 bits per heavy atom. The summed E-state index contributed by atoms with van der Waals surface area (Å²) in [6.45, 7) is 13.8. The zero-order valence-electron chi connectivity index (χ0n) is 17.1. The van der Waals surface area contributed by atoms with Gasteiger partial charge in [0, 0.05) is 12.0 Å². The average molecular weight is 327 g/mol. The molecule has 0 unspecified atom stereocenters. The first kappa shape index (κ1) is 20.8. The van der Waals surface area contributed by atoms with Crippen LogP contribution in [0, 0.1) is 11.8 Å². The molecule has 0 heteroatoms. The maximum Gasteiger partial charge on any atom is 0.0314 e. The molecule has 0 nitrogen and oxygen atoms in total. The predicted octanol–water partition coefficient (Wildman–Crippen LogP) is 6.82. The molecule has 0 aromatic heterocycles. The zero-order valence-corrected chi connectivity index (χ0v) is 17.1. The van der Waals surface area contributed by atoms with Crippen LogP contribution in [0.4, 0.5) is 0 Å². The molecule has 134 valence electrons. The summed E-state index contributed by atoms with van der Waals surface area (Å²) < 4.78 is 0. The van der Waals surface area contributed by atoms with E-state index in [2.05, 4.69) is 53.4 Å². The minimum Gasteiger partial charge on any atom is -0.0979 e. The van der Waals surface area contributed by atoms with Crippen LogP contribution in [0.3, 0.4) is 0 Å². The lowest BCUT2D eigenvalue weighted by molar-refractivity contribution is 0.777. The van der Waals surface area contributed by atoms with Crippen LogP contribution >= 0.6 is 0 Å². The van der Waals surface area contributed by atoms with Crippen LogP contribution in [0.5, 0.6) is 0 Å². The van der Waals surface area contributed by atoms with Crippen LogP contribution in [0.15, 0.2) is 0 Å². The molecule has 0 aliphatic rings. The van der Waals surface area contributed by atoms with Crippen LogP contribution < -0.4 is 0 Å². The van der Waals surface area contributed by atoms with Crippen molar-refractivity contribution in [2.75, 3.05) is 0 Å². The predicted molar refractivity (Wildman–Crippen MR) is 109 cm³/mol. The van der Waals surface area contributed by atoms with Gasteiger partial charge in [-0.2, -0.15) is 0 Å². The smallest absolute Gasteiger partial charge is 0.0314 e. The lowest BCUT2D eigenvalue weighted by Crippen LogP contribution is -2.11. The highest BCUT2D eigenvalue weighted by atomic mass is 14.2. The van der Waals surface area contributed by atoms with Gasteiger partial charge < -0.3 is 0 Å². The second-order valence-electron chi connectivity index (χ2n) is 6.69. The summed E-state index contributed by atoms with van der Waals surface area (Å²) in [5, 5.41) is 0. The normalized spacial score (nSPS) is 10.6. The van der Waals surface area contributed by atoms with Gasteiger partial charge >= 0.3 is 0 Å². The van der Waals surface area contributed by atoms with Crippen molar-refractivity contribution >= 4 is 0 Å². The molecule has 0 radical (unpaired) electrons. The molecular formula is C24H38. The minimum absolute atomic E-state index is 1.03. The Labute approximate surface area is 151 Å². The van der Waals surface area contributed by atoms with Crippen molar-refractivity contribution in [3.05, 3.63) is 33.4 Å². The number of unbranched alkanes of at least 4 members (excludes halogenated alkanes) is 3. The maximum atomic E-state index is 3.63. The molecule has 0 heterocycles. The third-order valence-corrected chi connectivity index (χ3v) is 5.12. The first-order valence-electron chi connectivity index (χ1n) is 10.4. The molecule has 0 aliphatic heterocycles. The van der Waals surface area contributed by atoms with E-state index in [-0.39, 0.29) is 0 Å². The molecule has 1 rings (SSSR count). The lowest BCUT2D eigenvalue weighted by Gasteiger charge is -2.23. The molecule has 0 aliphatic carbocycles. The Morgan fingerprint density at radius 3 is 1.58 bits per heavy atom. The highest BCUT2D eigenvalue weighted by Gasteiger charge is 2.19. The van der Waals surface area contributed by atoms with E-state index >= 15 is 0 Å². The number of rotatable bonds is 9. The van der Waals surface area contributed by atoms with Crippen LogP contribution in [0.2, 0.25) is 0 Å². The highest BCUT2D eigenvalue weighted by molar-refractivity contribution is 5.58. The van der Waals surface area contributed by atoms with Gasteiger partial charge in [0.1, 0.15) is 0 Å². The Kier molecular flexibility index (Phi) is 9.85. The van der Waals surface area contributed by atoms with Gasteiger partial charge in [-0.3, -0.25) is 0 Å². The minimum atomic E-state index is 1.03. The highest BCUT2D eigenvalue weighted by Crippen LogP contribution is 2.31. The summed E-state index contributed by atoms with van der Waals surface area (Å²) in [6, 6.07) is 0. The molecule has 24 heavy (non-hydrogen) atoms. The molecule has 0 amide bonds. The summed E-state index contributed by atoms with van der Waals surface area (Å²) in [7, 11) is 0. The van der Waals surface area contributed by atoms with Gasteiger partial charge in [0.15, 0.2) is 0 Å². The first-order chi connectivity index (χ1) is 11.7. The molecule has 0 N–H and O–H groups in total. The zero-order chi connectivity index (χ0) is 17.9. The first-order valence-corrected chi connectivity index (χ1v) is 10.4. The molecule has 0 atom stereocenters. The van der Waals surface area contributed by atoms with Gasteiger partial charge in [-0.25, -0.2) is 0 Å². The third-order valence-electron chi connectivity index (χ3n) is 5.12. The topological polar surface area (TPSA) is 0 Å². The quantitative estimate of drug-likeness (QED) is 0.345. The second-order valence-corrected chi connectivity index (χ2v) is 6.69. The summed E-state index contributed by atoms with van der Waals surface area (Å²) in [6.07, 6.45) is 11.7. The van der Waals surface area contributed by atoms with Gasteiger partial charge in [-0.05, 0) is 72.8 Å². The standard InChI is InChI=1S/C24H38/c1-7-13-15-16-18-24-22(12-6)20(10-4)19(9-3)21(11-5)23(24)17-14-8-2/h7-15,17H2,1-6H3. The van der Waals surface area contributed by atoms with E-state index in [1.165, 1.54) is 37.7 Å². The molecule has 0 fully saturated rings. The second kappa shape index (κ2) is 11.4. The Morgan fingerprint density at radius 1 is 0.583 bits per heavy atom. The lowest BCUT2D eigenvalue weighted by atomic mass is 9.81. The van der Waals surface area contributed by atoms with E-state index in [0.29, 0.717) is 0 Å². The Bertz CT molecular complexity index is 566. The fourth-order valence-electron chi connectivity index (χ4n) is 3.90. The van der Waals surface area contributed by atoms with E-state index in [1.54, 1.807) is 27.8 Å². The van der Waals surface area contributed by atoms with Crippen LogP contribution in [-0.4, -0.2) is 0 Å². The molecule has 0 saturated carbocycles. The molecule has 1 aromatic rings. The number of hydrogen-bond donors (Lipinski definition) is 0. The Balaban J connectivity index is 3.60. The monoisotopic (exact) mass is 326 g/mol. The summed E-state index contributed by atoms with van der Waals surface area (Å²) in [5.41, 5.74) is 9.35. The summed E-state index contributed by atoms with van der Waals surface area (Å²) in [5.74, 6) is 7.11. The van der Waals surface area contributed by atoms with Crippen molar-refractivity contribution in [3.63, 3.8) is 0 Å². The van der Waals surface area contributed by atoms with Crippen LogP contribution in [0.1, 0.15) is 107 Å². The van der Waals surface area contributed by atoms with Crippen LogP contribution in [-0.2, 0) is 32.1 Å². The fraction of sp³-hybridized carbons (Fsp3) is 0.667. The molecule has 0 spiro atoms. The molecule has 0 bridgehead atoms. The van der Waals surface area contributed by atoms with Gasteiger partial charge in [-0.1, -0.05) is 66.2 Å². The van der Waals surface area contributed by atoms with E-state index in [1.807, 2.05) is 0 Å². The maximum absolute atomic E-state index is 3.63. The third kappa shape index (κ3) is 4.89. The molecule has 1 aromatic carbocycles. The van der Waals surface area contributed by atoms with Crippen molar-refractivity contribution in [1.29, 1.82) is 0 Å². The summed E-state index contributed by atoms with van der Waals surface area (Å²) in [4.78, 5) is 0. The van der Waals surface area contributed by atoms with Crippen molar-refractivity contribution in [2.24, 2.45) is 0 Å². The van der Waals surface area contributed by atoms with Crippen molar-refractivity contribution in [3.8, 4) is 11.8 Å². The van der Waals surface area contributed by atoms with E-state index in [0.717, 1.165) is 32.1 Å². The van der Waals surface area contributed by atoms with E-state index in [4.69, 9.17) is 0 Å². The summed E-state index contributed by atoms with van der Waals surface area (Å²) >= 11 is 0. The van der Waals surface area contributed by atoms with Crippen molar-refractivity contribution in [1.82, 2.24) is 0 Å². The van der Waals surface area contributed by atoms with E-state index < -0.39 is 0 Å². The Hall–Kier alpha value is -1.22. The van der Waals surface area contributed by atoms with Gasteiger partial charge in [0.2, 0.25) is 0 Å². The largest absolute Gasteiger partial charge is 0.0979 e. The number of benzene rings is 1. The fourth-order valence-corrected chi connectivity index (χ4v) is 3.90. The molecular weight excluding hydrogens is 288 g/mol. The van der Waals surface area contributed by atoms with E-state index in [9.17, 15) is 0 Å².